The van der Waals surface area contributed by atoms with Crippen LogP contribution in [0.1, 0.15) is 40.7 Å². The number of phenols is 2. The summed E-state index contributed by atoms with van der Waals surface area (Å²) in [6.07, 6.45) is 2.69. The number of ketones is 1. The lowest BCUT2D eigenvalue weighted by Crippen LogP contribution is -2.63. The molecule has 4 heterocycles. The van der Waals surface area contributed by atoms with Gasteiger partial charge in [-0.15, -0.1) is 0 Å². The van der Waals surface area contributed by atoms with Gasteiger partial charge in [0.2, 0.25) is 5.91 Å². The number of fused-ring (bicyclic) bond motifs is 1. The highest BCUT2D eigenvalue weighted by atomic mass is 16.3. The second-order valence-electron chi connectivity index (χ2n) is 8.88. The molecule has 148 valence electrons. The minimum atomic E-state index is -0.696. The highest BCUT2D eigenvalue weighted by Crippen LogP contribution is 2.59. The minimum Gasteiger partial charge on any atom is -0.508 e. The van der Waals surface area contributed by atoms with Gasteiger partial charge in [-0.2, -0.15) is 0 Å². The number of rotatable bonds is 2. The van der Waals surface area contributed by atoms with E-state index in [9.17, 15) is 19.8 Å². The van der Waals surface area contributed by atoms with E-state index in [1.807, 2.05) is 11.0 Å². The average Bonchev–Trinajstić information content (AvgIpc) is 3.20. The van der Waals surface area contributed by atoms with E-state index < -0.39 is 11.1 Å². The van der Waals surface area contributed by atoms with Crippen molar-refractivity contribution in [2.75, 3.05) is 13.1 Å². The summed E-state index contributed by atoms with van der Waals surface area (Å²) in [4.78, 5) is 31.3. The van der Waals surface area contributed by atoms with Gasteiger partial charge in [0, 0.05) is 25.1 Å². The minimum absolute atomic E-state index is 0.0393. The molecule has 3 fully saturated rings. The molecular formula is C23H22N2O4. The van der Waals surface area contributed by atoms with Crippen LogP contribution in [0.4, 0.5) is 0 Å². The Hall–Kier alpha value is -2.86. The molecule has 0 saturated carbocycles. The third kappa shape index (κ3) is 2.00. The summed E-state index contributed by atoms with van der Waals surface area (Å²) in [5.41, 5.74) is 1.51. The fraction of sp³-hybridized carbons (Fsp3) is 0.391. The van der Waals surface area contributed by atoms with Crippen molar-refractivity contribution in [2.45, 2.75) is 42.8 Å². The molecular weight excluding hydrogens is 368 g/mol. The van der Waals surface area contributed by atoms with Crippen LogP contribution < -0.4 is 0 Å². The molecule has 6 rings (SSSR count). The Bertz CT molecular complexity index is 1070. The van der Waals surface area contributed by atoms with Crippen LogP contribution in [-0.2, 0) is 16.8 Å². The summed E-state index contributed by atoms with van der Waals surface area (Å²) in [7, 11) is 0. The normalized spacial score (nSPS) is 32.2. The summed E-state index contributed by atoms with van der Waals surface area (Å²) in [5, 5.41) is 19.6. The number of carbonyl (C=O) groups excluding carboxylic acids is 2. The second kappa shape index (κ2) is 5.39. The maximum Gasteiger partial charge on any atom is 0.240 e. The first kappa shape index (κ1) is 17.0. The number of hydrogen-bond acceptors (Lipinski definition) is 5. The van der Waals surface area contributed by atoms with E-state index in [1.54, 1.807) is 36.4 Å². The number of benzene rings is 2. The van der Waals surface area contributed by atoms with Crippen LogP contribution in [0.15, 0.2) is 42.5 Å². The Morgan fingerprint density at radius 3 is 2.62 bits per heavy atom. The van der Waals surface area contributed by atoms with Gasteiger partial charge in [-0.05, 0) is 66.8 Å². The Morgan fingerprint density at radius 2 is 1.83 bits per heavy atom. The van der Waals surface area contributed by atoms with Crippen LogP contribution in [-0.4, -0.2) is 56.4 Å². The van der Waals surface area contributed by atoms with E-state index >= 15 is 0 Å². The molecule has 2 aromatic carbocycles. The van der Waals surface area contributed by atoms with Gasteiger partial charge < -0.3 is 15.1 Å². The summed E-state index contributed by atoms with van der Waals surface area (Å²) in [5.74, 6) is 0.544. The average molecular weight is 390 g/mol. The Labute approximate surface area is 168 Å². The summed E-state index contributed by atoms with van der Waals surface area (Å²) >= 11 is 0. The van der Waals surface area contributed by atoms with Crippen molar-refractivity contribution in [3.63, 3.8) is 0 Å². The van der Waals surface area contributed by atoms with Crippen molar-refractivity contribution < 1.29 is 19.8 Å². The van der Waals surface area contributed by atoms with Gasteiger partial charge in [-0.3, -0.25) is 14.5 Å². The summed E-state index contributed by atoms with van der Waals surface area (Å²) in [6, 6.07) is 11.6. The van der Waals surface area contributed by atoms with Crippen LogP contribution in [0.5, 0.6) is 11.5 Å². The van der Waals surface area contributed by atoms with E-state index in [0.29, 0.717) is 37.9 Å². The van der Waals surface area contributed by atoms with Gasteiger partial charge in [0.15, 0.2) is 5.78 Å². The molecule has 4 aliphatic heterocycles. The quantitative estimate of drug-likeness (QED) is 0.769. The molecule has 6 heteroatoms. The van der Waals surface area contributed by atoms with Gasteiger partial charge in [0.25, 0.3) is 0 Å². The number of hydrogen-bond donors (Lipinski definition) is 2. The van der Waals surface area contributed by atoms with Crippen molar-refractivity contribution >= 4 is 11.7 Å². The van der Waals surface area contributed by atoms with Crippen molar-refractivity contribution in [3.8, 4) is 11.5 Å². The first-order chi connectivity index (χ1) is 13.9. The fourth-order valence-electron chi connectivity index (χ4n) is 6.40. The maximum absolute atomic E-state index is 13.7. The Kier molecular flexibility index (Phi) is 3.17. The topological polar surface area (TPSA) is 81.1 Å². The van der Waals surface area contributed by atoms with Gasteiger partial charge in [-0.25, -0.2) is 0 Å². The molecule has 4 aliphatic rings. The molecule has 0 aliphatic carbocycles. The molecule has 1 amide bonds. The number of nitrogens with zero attached hydrogens (tertiary/aromatic N) is 2. The predicted molar refractivity (Wildman–Crippen MR) is 105 cm³/mol. The van der Waals surface area contributed by atoms with Crippen LogP contribution in [0.3, 0.4) is 0 Å². The van der Waals surface area contributed by atoms with E-state index in [2.05, 4.69) is 4.90 Å². The lowest BCUT2D eigenvalue weighted by molar-refractivity contribution is -0.148. The molecule has 3 saturated heterocycles. The van der Waals surface area contributed by atoms with Gasteiger partial charge in [-0.1, -0.05) is 6.07 Å². The molecule has 3 unspecified atom stereocenters. The summed E-state index contributed by atoms with van der Waals surface area (Å²) < 4.78 is 0. The van der Waals surface area contributed by atoms with Gasteiger partial charge in [0.05, 0.1) is 17.1 Å². The number of carbonyl (C=O) groups is 2. The van der Waals surface area contributed by atoms with Gasteiger partial charge in [0.1, 0.15) is 11.5 Å². The first-order valence-electron chi connectivity index (χ1n) is 10.2. The van der Waals surface area contributed by atoms with Crippen LogP contribution in [0.2, 0.25) is 0 Å². The van der Waals surface area contributed by atoms with Crippen LogP contribution in [0.25, 0.3) is 0 Å². The fourth-order valence-corrected chi connectivity index (χ4v) is 6.40. The standard InChI is InChI=1S/C23H22N2O4/c26-16-3-1-14(2-4-16)20(28)22-9-7-19-21(29)24-10-8-15-11-17(27)5-6-18(15)23(24,12-22)13-25(19)22/h1-6,11,19,26-27H,7-10,12-13H2. The molecule has 3 atom stereocenters. The SMILES string of the molecule is O=C1C2CCC3(C(=O)c4ccc(O)cc4)CC4(CN23)c2ccc(O)cc2CCN14. The number of piperazine rings is 1. The third-order valence-electron chi connectivity index (χ3n) is 7.59. The predicted octanol–water partition coefficient (Wildman–Crippen LogP) is 2.18. The van der Waals surface area contributed by atoms with Crippen molar-refractivity contribution in [1.82, 2.24) is 9.80 Å². The second-order valence-corrected chi connectivity index (χ2v) is 8.88. The Morgan fingerprint density at radius 1 is 1.07 bits per heavy atom. The van der Waals surface area contributed by atoms with Crippen molar-refractivity contribution in [3.05, 3.63) is 59.2 Å². The third-order valence-corrected chi connectivity index (χ3v) is 7.59. The van der Waals surface area contributed by atoms with Gasteiger partial charge >= 0.3 is 0 Å². The molecule has 2 bridgehead atoms. The van der Waals surface area contributed by atoms with Crippen molar-refractivity contribution in [1.29, 1.82) is 0 Å². The molecule has 0 radical (unpaired) electrons. The van der Waals surface area contributed by atoms with Crippen molar-refractivity contribution in [2.24, 2.45) is 0 Å². The van der Waals surface area contributed by atoms with Crippen LogP contribution in [0, 0.1) is 0 Å². The highest BCUT2D eigenvalue weighted by Gasteiger charge is 2.70. The zero-order valence-corrected chi connectivity index (χ0v) is 16.0. The number of Topliss-reactive ketones (excluding diaryl/α,β-unsaturated/α-hetero) is 1. The van der Waals surface area contributed by atoms with Crippen LogP contribution >= 0.6 is 0 Å². The smallest absolute Gasteiger partial charge is 0.240 e. The molecule has 2 N–H and O–H groups in total. The maximum atomic E-state index is 13.7. The zero-order valence-electron chi connectivity index (χ0n) is 16.0. The molecule has 29 heavy (non-hydrogen) atoms. The summed E-state index contributed by atoms with van der Waals surface area (Å²) in [6.45, 7) is 1.29. The highest BCUT2D eigenvalue weighted by molar-refractivity contribution is 6.05. The number of aromatic hydroxyl groups is 2. The lowest BCUT2D eigenvalue weighted by atomic mass is 9.72. The molecule has 1 spiro atoms. The van der Waals surface area contributed by atoms with E-state index in [-0.39, 0.29) is 29.2 Å². The number of phenolic OH excluding ortho intramolecular Hbond substituents is 2. The zero-order chi connectivity index (χ0) is 20.0. The lowest BCUT2D eigenvalue weighted by Gasteiger charge is -2.50. The van der Waals surface area contributed by atoms with E-state index in [0.717, 1.165) is 17.5 Å². The molecule has 6 nitrogen and oxygen atoms in total. The van der Waals surface area contributed by atoms with E-state index in [1.165, 1.54) is 0 Å². The largest absolute Gasteiger partial charge is 0.508 e. The monoisotopic (exact) mass is 390 g/mol. The molecule has 0 aromatic heterocycles. The number of amides is 1. The van der Waals surface area contributed by atoms with E-state index in [4.69, 9.17) is 0 Å². The Balaban J connectivity index is 1.51. The first-order valence-corrected chi connectivity index (χ1v) is 10.2. The molecule has 2 aromatic rings.